The first-order chi connectivity index (χ1) is 14.1. The van der Waals surface area contributed by atoms with Crippen LogP contribution in [-0.4, -0.2) is 76.0 Å². The minimum atomic E-state index is -0.360. The molecule has 2 heterocycles. The molecule has 0 bridgehead atoms. The number of aryl methyl sites for hydroxylation is 1. The summed E-state index contributed by atoms with van der Waals surface area (Å²) in [5.41, 5.74) is 9.36. The van der Waals surface area contributed by atoms with Gasteiger partial charge < -0.3 is 9.80 Å². The van der Waals surface area contributed by atoms with E-state index in [-0.39, 0.29) is 17.9 Å². The lowest BCUT2D eigenvalue weighted by atomic mass is 10.1. The third-order valence-corrected chi connectivity index (χ3v) is 7.12. The molecule has 3 unspecified atom stereocenters. The Labute approximate surface area is 174 Å². The highest BCUT2D eigenvalue weighted by Crippen LogP contribution is 2.30. The average Bonchev–Trinajstić information content (AvgIpc) is 3.37. The zero-order valence-electron chi connectivity index (χ0n) is 17.1. The maximum absolute atomic E-state index is 12.7. The van der Waals surface area contributed by atoms with Gasteiger partial charge in [0.15, 0.2) is 0 Å². The minimum absolute atomic E-state index is 0.0237. The molecule has 0 radical (unpaired) electrons. The summed E-state index contributed by atoms with van der Waals surface area (Å²) in [6, 6.07) is -0.360. The van der Waals surface area contributed by atoms with Crippen LogP contribution in [0.3, 0.4) is 0 Å². The summed E-state index contributed by atoms with van der Waals surface area (Å²) in [7, 11) is 3.32. The summed E-state index contributed by atoms with van der Waals surface area (Å²) in [5.74, 6) is 0.0284. The number of carbonyl (C=O) groups is 2. The van der Waals surface area contributed by atoms with E-state index in [9.17, 15) is 9.59 Å². The number of hydrogen-bond donors (Lipinski definition) is 0. The number of amides is 2. The molecule has 2 rings (SSSR count). The smallest absolute Gasteiger partial charge is 0.245 e. The van der Waals surface area contributed by atoms with Gasteiger partial charge in [-0.05, 0) is 52.6 Å². The molecule has 1 aliphatic rings. The van der Waals surface area contributed by atoms with Crippen LogP contribution < -0.4 is 5.44 Å². The fourth-order valence-corrected chi connectivity index (χ4v) is 5.07. The van der Waals surface area contributed by atoms with Crippen molar-refractivity contribution in [2.75, 3.05) is 33.3 Å². The molecule has 0 saturated carbocycles. The molecule has 0 N–H and O–H groups in total. The van der Waals surface area contributed by atoms with Crippen molar-refractivity contribution in [3.05, 3.63) is 16.6 Å². The van der Waals surface area contributed by atoms with Gasteiger partial charge in [0, 0.05) is 44.6 Å². The van der Waals surface area contributed by atoms with Gasteiger partial charge in [-0.2, -0.15) is 0 Å². The quantitative estimate of drug-likeness (QED) is 0.163. The molecule has 10 nitrogen and oxygen atoms in total. The molecule has 12 heteroatoms. The van der Waals surface area contributed by atoms with Gasteiger partial charge in [-0.15, -0.1) is 5.10 Å². The number of aromatic nitrogens is 3. The predicted octanol–water partition coefficient (Wildman–Crippen LogP) is 2.13. The number of azide groups is 1. The standard InChI is InChI=1S/C17H30N8O2P2/c1-23(10-6-9-19-21-18)17(27)14-7-5-12-25(14)16(26)8-3-4-11-24-13-15(20-22-24)29-28-2/h13-14,28-29H,3-12H2,1-2H3. The van der Waals surface area contributed by atoms with E-state index in [0.717, 1.165) is 47.8 Å². The van der Waals surface area contributed by atoms with Crippen molar-refractivity contribution in [2.45, 2.75) is 51.1 Å². The fourth-order valence-electron chi connectivity index (χ4n) is 3.40. The van der Waals surface area contributed by atoms with E-state index in [4.69, 9.17) is 5.53 Å². The Morgan fingerprint density at radius 3 is 3.00 bits per heavy atom. The van der Waals surface area contributed by atoms with Crippen LogP contribution in [-0.2, 0) is 16.1 Å². The summed E-state index contributed by atoms with van der Waals surface area (Å²) >= 11 is 0. The van der Waals surface area contributed by atoms with Gasteiger partial charge in [-0.25, -0.2) is 0 Å². The molecule has 0 aliphatic carbocycles. The van der Waals surface area contributed by atoms with Gasteiger partial charge in [0.25, 0.3) is 0 Å². The third-order valence-electron chi connectivity index (χ3n) is 4.87. The second-order valence-corrected chi connectivity index (χ2v) is 10.5. The van der Waals surface area contributed by atoms with Crippen LogP contribution in [0.5, 0.6) is 0 Å². The molecule has 160 valence electrons. The molecular formula is C17H30N8O2P2. The topological polar surface area (TPSA) is 120 Å². The van der Waals surface area contributed by atoms with Gasteiger partial charge in [-0.1, -0.05) is 18.6 Å². The van der Waals surface area contributed by atoms with Crippen molar-refractivity contribution in [1.82, 2.24) is 24.8 Å². The lowest BCUT2D eigenvalue weighted by Gasteiger charge is -2.28. The SMILES string of the molecule is CPPc1cn(CCCCC(=O)N2CCCC2C(=O)N(C)CCCN=[N+]=[N-])nn1. The first-order valence-corrected chi connectivity index (χ1v) is 13.4. The number of nitrogens with zero attached hydrogens (tertiary/aromatic N) is 8. The second kappa shape index (κ2) is 12.7. The predicted molar refractivity (Wildman–Crippen MR) is 117 cm³/mol. The molecule has 3 atom stereocenters. The summed E-state index contributed by atoms with van der Waals surface area (Å²) in [6.07, 6.45) is 6.26. The Balaban J connectivity index is 1.73. The molecule has 1 aromatic rings. The van der Waals surface area contributed by atoms with Crippen LogP contribution >= 0.6 is 16.5 Å². The lowest BCUT2D eigenvalue weighted by molar-refractivity contribution is -0.143. The van der Waals surface area contributed by atoms with Crippen molar-refractivity contribution < 1.29 is 9.59 Å². The highest BCUT2D eigenvalue weighted by molar-refractivity contribution is 8.14. The van der Waals surface area contributed by atoms with Crippen LogP contribution in [0.15, 0.2) is 11.3 Å². The van der Waals surface area contributed by atoms with Crippen molar-refractivity contribution in [2.24, 2.45) is 5.11 Å². The minimum Gasteiger partial charge on any atom is -0.344 e. The Bertz CT molecular complexity index is 722. The Morgan fingerprint density at radius 1 is 1.41 bits per heavy atom. The molecule has 0 aromatic carbocycles. The van der Waals surface area contributed by atoms with E-state index in [1.165, 1.54) is 0 Å². The third kappa shape index (κ3) is 7.54. The Kier molecular flexibility index (Phi) is 10.3. The zero-order valence-corrected chi connectivity index (χ0v) is 19.1. The fraction of sp³-hybridized carbons (Fsp3) is 0.765. The van der Waals surface area contributed by atoms with Crippen LogP contribution in [0.4, 0.5) is 0 Å². The van der Waals surface area contributed by atoms with E-state index in [1.54, 1.807) is 16.8 Å². The van der Waals surface area contributed by atoms with Crippen LogP contribution in [0, 0.1) is 0 Å². The zero-order chi connectivity index (χ0) is 21.1. The molecule has 1 aromatic heterocycles. The van der Waals surface area contributed by atoms with E-state index in [1.807, 2.05) is 10.9 Å². The number of hydrogen-bond acceptors (Lipinski definition) is 5. The van der Waals surface area contributed by atoms with Crippen LogP contribution in [0.2, 0.25) is 0 Å². The van der Waals surface area contributed by atoms with Gasteiger partial charge in [0.2, 0.25) is 11.8 Å². The molecule has 0 spiro atoms. The number of likely N-dealkylation sites (tertiary alicyclic amines) is 1. The number of carbonyl (C=O) groups excluding carboxylic acids is 2. The first-order valence-electron chi connectivity index (χ1n) is 9.95. The van der Waals surface area contributed by atoms with Crippen molar-refractivity contribution in [1.29, 1.82) is 0 Å². The number of unbranched alkanes of at least 4 members (excludes halogenated alkanes) is 1. The molecule has 1 aliphatic heterocycles. The van der Waals surface area contributed by atoms with Crippen molar-refractivity contribution >= 4 is 33.8 Å². The normalized spacial score (nSPS) is 16.8. The maximum atomic E-state index is 12.7. The highest BCUT2D eigenvalue weighted by Gasteiger charge is 2.35. The summed E-state index contributed by atoms with van der Waals surface area (Å²) in [6.45, 7) is 4.45. The number of rotatable bonds is 12. The number of likely N-dealkylation sites (N-methyl/N-ethyl adjacent to an activating group) is 1. The second-order valence-electron chi connectivity index (χ2n) is 7.01. The lowest BCUT2D eigenvalue weighted by Crippen LogP contribution is -2.46. The van der Waals surface area contributed by atoms with Gasteiger partial charge in [0.05, 0.1) is 6.20 Å². The molecule has 29 heavy (non-hydrogen) atoms. The molecular weight excluding hydrogens is 410 g/mol. The maximum Gasteiger partial charge on any atom is 0.245 e. The van der Waals surface area contributed by atoms with Crippen LogP contribution in [0.25, 0.3) is 10.4 Å². The van der Waals surface area contributed by atoms with Crippen LogP contribution in [0.1, 0.15) is 38.5 Å². The summed E-state index contributed by atoms with van der Waals surface area (Å²) in [4.78, 5) is 31.5. The summed E-state index contributed by atoms with van der Waals surface area (Å²) in [5, 5.41) is 11.8. The Morgan fingerprint density at radius 2 is 2.24 bits per heavy atom. The monoisotopic (exact) mass is 440 g/mol. The Hall–Kier alpha value is -1.75. The van der Waals surface area contributed by atoms with E-state index in [0.29, 0.717) is 38.9 Å². The van der Waals surface area contributed by atoms with Gasteiger partial charge >= 0.3 is 0 Å². The average molecular weight is 440 g/mol. The van der Waals surface area contributed by atoms with E-state index >= 15 is 0 Å². The molecule has 2 amide bonds. The summed E-state index contributed by atoms with van der Waals surface area (Å²) < 4.78 is 1.85. The molecule has 1 fully saturated rings. The largest absolute Gasteiger partial charge is 0.344 e. The van der Waals surface area contributed by atoms with Gasteiger partial charge in [0.1, 0.15) is 11.5 Å². The van der Waals surface area contributed by atoms with Crippen molar-refractivity contribution in [3.63, 3.8) is 0 Å². The van der Waals surface area contributed by atoms with E-state index in [2.05, 4.69) is 27.0 Å². The molecule has 1 saturated heterocycles. The highest BCUT2D eigenvalue weighted by atomic mass is 32.0. The van der Waals surface area contributed by atoms with Gasteiger partial charge in [-0.3, -0.25) is 14.3 Å². The van der Waals surface area contributed by atoms with Crippen molar-refractivity contribution in [3.8, 4) is 0 Å². The first kappa shape index (κ1) is 23.5. The van der Waals surface area contributed by atoms with E-state index < -0.39 is 0 Å².